The predicted octanol–water partition coefficient (Wildman–Crippen LogP) is 5.18. The molecule has 2 aromatic heterocycles. The van der Waals surface area contributed by atoms with E-state index >= 15 is 0 Å². The average molecular weight is 468 g/mol. The molecule has 7 nitrogen and oxygen atoms in total. The Balaban J connectivity index is 1.50. The Labute approximate surface area is 195 Å². The van der Waals surface area contributed by atoms with E-state index in [4.69, 9.17) is 15.5 Å². The lowest BCUT2D eigenvalue weighted by Gasteiger charge is -2.22. The van der Waals surface area contributed by atoms with Crippen molar-refractivity contribution in [1.82, 2.24) is 15.0 Å². The summed E-state index contributed by atoms with van der Waals surface area (Å²) in [6.45, 7) is 4.61. The van der Waals surface area contributed by atoms with Crippen molar-refractivity contribution in [2.75, 3.05) is 24.2 Å². The lowest BCUT2D eigenvalue weighted by molar-refractivity contribution is 0.171. The van der Waals surface area contributed by atoms with Gasteiger partial charge >= 0.3 is 0 Å². The zero-order valence-corrected chi connectivity index (χ0v) is 19.5. The van der Waals surface area contributed by atoms with Crippen molar-refractivity contribution in [3.8, 4) is 11.5 Å². The van der Waals surface area contributed by atoms with E-state index in [2.05, 4.69) is 15.3 Å². The maximum atomic E-state index is 9.55. The van der Waals surface area contributed by atoms with Crippen molar-refractivity contribution in [3.05, 3.63) is 60.2 Å². The molecule has 0 aliphatic carbocycles. The lowest BCUT2D eigenvalue weighted by atomic mass is 9.95. The zero-order chi connectivity index (χ0) is 22.6. The van der Waals surface area contributed by atoms with Gasteiger partial charge in [-0.2, -0.15) is 0 Å². The molecule has 166 valence electrons. The number of benzene rings is 2. The van der Waals surface area contributed by atoms with Gasteiger partial charge in [-0.05, 0) is 29.8 Å². The predicted molar refractivity (Wildman–Crippen MR) is 131 cm³/mol. The third-order valence-electron chi connectivity index (χ3n) is 4.66. The molecule has 0 fully saturated rings. The molecule has 0 saturated carbocycles. The number of nitrogens with one attached hydrogen (secondary N) is 1. The van der Waals surface area contributed by atoms with Crippen LogP contribution in [0.25, 0.3) is 10.3 Å². The van der Waals surface area contributed by atoms with Crippen molar-refractivity contribution < 1.29 is 9.84 Å². The number of para-hydroxylation sites is 1. The second kappa shape index (κ2) is 9.72. The molecular weight excluding hydrogens is 442 g/mol. The highest BCUT2D eigenvalue weighted by molar-refractivity contribution is 7.98. The molecule has 0 amide bonds. The summed E-state index contributed by atoms with van der Waals surface area (Å²) in [6.07, 6.45) is 0. The minimum absolute atomic E-state index is 0.0715. The van der Waals surface area contributed by atoms with E-state index in [9.17, 15) is 5.11 Å². The number of thiazole rings is 1. The Kier molecular flexibility index (Phi) is 6.78. The standard InChI is InChI=1S/C23H25N5O2S2/c1-23(2,14-29)13-25-19-18-20(26-21(24)32-18)28-22(27-19)31-12-15-7-6-10-17(11-15)30-16-8-4-3-5-9-16/h3-11,29H,12-14H2,1-2H3,(H3,24,25,26,27,28). The van der Waals surface area contributed by atoms with Crippen molar-refractivity contribution in [3.63, 3.8) is 0 Å². The summed E-state index contributed by atoms with van der Waals surface area (Å²) in [7, 11) is 0. The molecule has 9 heteroatoms. The summed E-state index contributed by atoms with van der Waals surface area (Å²) in [4.78, 5) is 13.6. The SMILES string of the molecule is CC(C)(CO)CNc1nc(SCc2cccc(Oc3ccccc3)c2)nc2nc(N)sc12. The number of aromatic nitrogens is 3. The first kappa shape index (κ1) is 22.3. The number of ether oxygens (including phenoxy) is 1. The van der Waals surface area contributed by atoms with E-state index in [-0.39, 0.29) is 12.0 Å². The maximum Gasteiger partial charge on any atom is 0.191 e. The van der Waals surface area contributed by atoms with Gasteiger partial charge in [0.2, 0.25) is 0 Å². The van der Waals surface area contributed by atoms with E-state index in [1.54, 1.807) is 0 Å². The average Bonchev–Trinajstić information content (AvgIpc) is 3.17. The number of aliphatic hydroxyl groups is 1. The molecule has 4 aromatic rings. The molecule has 0 saturated heterocycles. The van der Waals surface area contributed by atoms with Gasteiger partial charge in [0, 0.05) is 24.3 Å². The summed E-state index contributed by atoms with van der Waals surface area (Å²) in [5, 5.41) is 14.0. The molecule has 32 heavy (non-hydrogen) atoms. The van der Waals surface area contributed by atoms with E-state index in [1.807, 2.05) is 68.4 Å². The second-order valence-electron chi connectivity index (χ2n) is 8.09. The number of fused-ring (bicyclic) bond motifs is 1. The Morgan fingerprint density at radius 2 is 1.84 bits per heavy atom. The van der Waals surface area contributed by atoms with E-state index in [1.165, 1.54) is 23.1 Å². The first-order valence-corrected chi connectivity index (χ1v) is 12.0. The van der Waals surface area contributed by atoms with Gasteiger partial charge in [-0.25, -0.2) is 15.0 Å². The lowest BCUT2D eigenvalue weighted by Crippen LogP contribution is -2.27. The molecule has 2 aromatic carbocycles. The summed E-state index contributed by atoms with van der Waals surface area (Å²) in [6, 6.07) is 17.7. The van der Waals surface area contributed by atoms with Crippen LogP contribution in [0.5, 0.6) is 11.5 Å². The van der Waals surface area contributed by atoms with Crippen LogP contribution >= 0.6 is 23.1 Å². The number of hydrogen-bond acceptors (Lipinski definition) is 9. The number of aliphatic hydroxyl groups excluding tert-OH is 1. The Hall–Kier alpha value is -2.88. The van der Waals surface area contributed by atoms with Gasteiger partial charge in [-0.1, -0.05) is 67.3 Å². The van der Waals surface area contributed by atoms with Crippen LogP contribution in [0.1, 0.15) is 19.4 Å². The molecule has 0 atom stereocenters. The fraction of sp³-hybridized carbons (Fsp3) is 0.261. The molecule has 0 spiro atoms. The van der Waals surface area contributed by atoms with Gasteiger partial charge < -0.3 is 20.9 Å². The third-order valence-corrected chi connectivity index (χ3v) is 6.46. The van der Waals surface area contributed by atoms with Crippen molar-refractivity contribution in [2.24, 2.45) is 5.41 Å². The largest absolute Gasteiger partial charge is 0.457 e. The van der Waals surface area contributed by atoms with Gasteiger partial charge in [0.05, 0.1) is 0 Å². The third kappa shape index (κ3) is 5.67. The summed E-state index contributed by atoms with van der Waals surface area (Å²) < 4.78 is 6.75. The molecule has 2 heterocycles. The number of anilines is 2. The Bertz CT molecular complexity index is 1200. The number of hydrogen-bond donors (Lipinski definition) is 3. The molecule has 0 unspecified atom stereocenters. The van der Waals surface area contributed by atoms with Gasteiger partial charge in [0.1, 0.15) is 16.2 Å². The van der Waals surface area contributed by atoms with Gasteiger partial charge in [-0.3, -0.25) is 0 Å². The van der Waals surface area contributed by atoms with Crippen molar-refractivity contribution >= 4 is 44.4 Å². The molecule has 0 radical (unpaired) electrons. The smallest absolute Gasteiger partial charge is 0.191 e. The molecule has 4 rings (SSSR count). The molecular formula is C23H25N5O2S2. The highest BCUT2D eigenvalue weighted by Gasteiger charge is 2.19. The fourth-order valence-electron chi connectivity index (χ4n) is 2.85. The zero-order valence-electron chi connectivity index (χ0n) is 17.9. The van der Waals surface area contributed by atoms with Crippen LogP contribution in [0.15, 0.2) is 59.8 Å². The number of rotatable bonds is 9. The van der Waals surface area contributed by atoms with Crippen LogP contribution in [-0.4, -0.2) is 33.2 Å². The van der Waals surface area contributed by atoms with Crippen LogP contribution in [0, 0.1) is 5.41 Å². The Morgan fingerprint density at radius 1 is 1.06 bits per heavy atom. The normalized spacial score (nSPS) is 11.6. The van der Waals surface area contributed by atoms with Gasteiger partial charge in [0.15, 0.2) is 21.8 Å². The molecule has 0 aliphatic heterocycles. The monoisotopic (exact) mass is 467 g/mol. The fourth-order valence-corrected chi connectivity index (χ4v) is 4.38. The molecule has 0 aliphatic rings. The van der Waals surface area contributed by atoms with E-state index in [0.717, 1.165) is 21.8 Å². The minimum Gasteiger partial charge on any atom is -0.457 e. The van der Waals surface area contributed by atoms with Crippen LogP contribution < -0.4 is 15.8 Å². The summed E-state index contributed by atoms with van der Waals surface area (Å²) >= 11 is 2.88. The van der Waals surface area contributed by atoms with E-state index in [0.29, 0.717) is 34.1 Å². The second-order valence-corrected chi connectivity index (χ2v) is 10.1. The van der Waals surface area contributed by atoms with Crippen LogP contribution in [0.3, 0.4) is 0 Å². The molecule has 0 bridgehead atoms. The first-order chi connectivity index (χ1) is 15.4. The topological polar surface area (TPSA) is 106 Å². The van der Waals surface area contributed by atoms with Crippen molar-refractivity contribution in [1.29, 1.82) is 0 Å². The van der Waals surface area contributed by atoms with Crippen LogP contribution in [-0.2, 0) is 5.75 Å². The summed E-state index contributed by atoms with van der Waals surface area (Å²) in [5.41, 5.74) is 7.31. The number of nitrogen functional groups attached to an aromatic ring is 1. The highest BCUT2D eigenvalue weighted by Crippen LogP contribution is 2.32. The van der Waals surface area contributed by atoms with Gasteiger partial charge in [-0.15, -0.1) is 0 Å². The molecule has 4 N–H and O–H groups in total. The number of nitrogens with zero attached hydrogens (tertiary/aromatic N) is 3. The number of nitrogens with two attached hydrogens (primary N) is 1. The summed E-state index contributed by atoms with van der Waals surface area (Å²) in [5.74, 6) is 2.95. The first-order valence-electron chi connectivity index (χ1n) is 10.2. The maximum absolute atomic E-state index is 9.55. The van der Waals surface area contributed by atoms with Crippen LogP contribution in [0.4, 0.5) is 10.9 Å². The quantitative estimate of drug-likeness (QED) is 0.228. The highest BCUT2D eigenvalue weighted by atomic mass is 32.2. The minimum atomic E-state index is -0.278. The Morgan fingerprint density at radius 3 is 2.62 bits per heavy atom. The van der Waals surface area contributed by atoms with Crippen molar-refractivity contribution in [2.45, 2.75) is 24.8 Å². The van der Waals surface area contributed by atoms with Crippen LogP contribution in [0.2, 0.25) is 0 Å². The number of thioether (sulfide) groups is 1. The van der Waals surface area contributed by atoms with E-state index < -0.39 is 0 Å². The van der Waals surface area contributed by atoms with Gasteiger partial charge in [0.25, 0.3) is 0 Å².